The zero-order valence-corrected chi connectivity index (χ0v) is 16.1. The summed E-state index contributed by atoms with van der Waals surface area (Å²) in [6, 6.07) is 13.2. The zero-order chi connectivity index (χ0) is 18.5. The summed E-state index contributed by atoms with van der Waals surface area (Å²) in [6.45, 7) is 2.72. The molecule has 0 aliphatic carbocycles. The van der Waals surface area contributed by atoms with Gasteiger partial charge in [-0.25, -0.2) is 9.97 Å². The lowest BCUT2D eigenvalue weighted by Crippen LogP contribution is -2.11. The first-order valence-corrected chi connectivity index (χ1v) is 9.03. The number of rotatable bonds is 6. The fourth-order valence-electron chi connectivity index (χ4n) is 2.58. The van der Waals surface area contributed by atoms with E-state index in [0.29, 0.717) is 15.8 Å². The molecule has 0 unspecified atom stereocenters. The molecule has 0 fully saturated rings. The predicted molar refractivity (Wildman–Crippen MR) is 106 cm³/mol. The Hall–Kier alpha value is -2.14. The van der Waals surface area contributed by atoms with Crippen molar-refractivity contribution in [2.45, 2.75) is 13.3 Å². The third-order valence-corrected chi connectivity index (χ3v) is 4.63. The van der Waals surface area contributed by atoms with Crippen LogP contribution in [0.25, 0.3) is 11.3 Å². The van der Waals surface area contributed by atoms with Gasteiger partial charge in [-0.2, -0.15) is 0 Å². The number of benzene rings is 2. The summed E-state index contributed by atoms with van der Waals surface area (Å²) in [7, 11) is 1.93. The van der Waals surface area contributed by atoms with Crippen LogP contribution in [-0.4, -0.2) is 23.6 Å². The number of aryl methyl sites for hydroxylation is 1. The minimum atomic E-state index is 0.467. The quantitative estimate of drug-likeness (QED) is 0.622. The summed E-state index contributed by atoms with van der Waals surface area (Å²) in [4.78, 5) is 8.66. The second kappa shape index (κ2) is 8.49. The fourth-order valence-corrected chi connectivity index (χ4v) is 2.87. The van der Waals surface area contributed by atoms with Crippen LogP contribution >= 0.6 is 23.2 Å². The maximum Gasteiger partial charge on any atom is 0.130 e. The van der Waals surface area contributed by atoms with Crippen LogP contribution in [0, 0.1) is 6.92 Å². The molecule has 26 heavy (non-hydrogen) atoms. The Kier molecular flexibility index (Phi) is 6.09. The molecule has 0 atom stereocenters. The van der Waals surface area contributed by atoms with Gasteiger partial charge in [0.25, 0.3) is 0 Å². The number of nitrogens with zero attached hydrogens (tertiary/aromatic N) is 2. The van der Waals surface area contributed by atoms with E-state index in [0.717, 1.165) is 41.4 Å². The number of ether oxygens (including phenoxy) is 1. The van der Waals surface area contributed by atoms with Crippen LogP contribution in [0.1, 0.15) is 11.4 Å². The molecule has 6 heteroatoms. The number of likely N-dealkylation sites (N-methyl/N-ethyl adjacent to an activating group) is 1. The molecule has 0 spiro atoms. The lowest BCUT2D eigenvalue weighted by atomic mass is 10.0. The molecule has 0 saturated carbocycles. The Bertz CT molecular complexity index is 915. The standard InChI is InChI=1S/C20H19Cl2N3O/c1-13-24-10-8-19(25-13)14-3-6-20(15(11-14)7-9-23-2)26-16-4-5-17(21)18(22)12-16/h3-6,8,10-12,23H,7,9H2,1-2H3. The van der Waals surface area contributed by atoms with E-state index in [4.69, 9.17) is 27.9 Å². The molecule has 4 nitrogen and oxygen atoms in total. The van der Waals surface area contributed by atoms with Crippen LogP contribution in [0.15, 0.2) is 48.7 Å². The summed E-state index contributed by atoms with van der Waals surface area (Å²) < 4.78 is 6.05. The van der Waals surface area contributed by atoms with E-state index in [-0.39, 0.29) is 0 Å². The summed E-state index contributed by atoms with van der Waals surface area (Å²) >= 11 is 12.1. The first-order valence-electron chi connectivity index (χ1n) is 8.27. The van der Waals surface area contributed by atoms with Crippen molar-refractivity contribution in [2.24, 2.45) is 0 Å². The van der Waals surface area contributed by atoms with Gasteiger partial charge < -0.3 is 10.1 Å². The molecule has 2 aromatic carbocycles. The molecule has 3 aromatic rings. The highest BCUT2D eigenvalue weighted by atomic mass is 35.5. The number of nitrogens with one attached hydrogen (secondary N) is 1. The first-order chi connectivity index (χ1) is 12.6. The van der Waals surface area contributed by atoms with Crippen LogP contribution in [0.4, 0.5) is 0 Å². The van der Waals surface area contributed by atoms with Gasteiger partial charge in [0.15, 0.2) is 0 Å². The molecule has 1 heterocycles. The van der Waals surface area contributed by atoms with E-state index in [2.05, 4.69) is 21.4 Å². The average Bonchev–Trinajstić information content (AvgIpc) is 2.64. The number of hydrogen-bond donors (Lipinski definition) is 1. The lowest BCUT2D eigenvalue weighted by molar-refractivity contribution is 0.475. The van der Waals surface area contributed by atoms with Crippen molar-refractivity contribution < 1.29 is 4.74 Å². The Morgan fingerprint density at radius 3 is 2.62 bits per heavy atom. The minimum absolute atomic E-state index is 0.467. The molecule has 1 aromatic heterocycles. The van der Waals surface area contributed by atoms with Crippen LogP contribution in [0.5, 0.6) is 11.5 Å². The van der Waals surface area contributed by atoms with Crippen molar-refractivity contribution in [2.75, 3.05) is 13.6 Å². The van der Waals surface area contributed by atoms with Crippen LogP contribution in [0.3, 0.4) is 0 Å². The summed E-state index contributed by atoms with van der Waals surface area (Å²) in [5.41, 5.74) is 3.01. The van der Waals surface area contributed by atoms with Gasteiger partial charge in [0, 0.05) is 17.8 Å². The Morgan fingerprint density at radius 1 is 1.04 bits per heavy atom. The molecule has 3 rings (SSSR count). The number of hydrogen-bond acceptors (Lipinski definition) is 4. The van der Waals surface area contributed by atoms with Crippen LogP contribution in [-0.2, 0) is 6.42 Å². The SMILES string of the molecule is CNCCc1cc(-c2ccnc(C)n2)ccc1Oc1ccc(Cl)c(Cl)c1. The van der Waals surface area contributed by atoms with E-state index in [9.17, 15) is 0 Å². The van der Waals surface area contributed by atoms with Crippen molar-refractivity contribution in [1.82, 2.24) is 15.3 Å². The average molecular weight is 388 g/mol. The predicted octanol–water partition coefficient (Wildman–Crippen LogP) is 5.31. The second-order valence-electron chi connectivity index (χ2n) is 5.84. The molecular formula is C20H19Cl2N3O. The topological polar surface area (TPSA) is 47.0 Å². The van der Waals surface area contributed by atoms with Crippen molar-refractivity contribution in [1.29, 1.82) is 0 Å². The molecule has 0 aliphatic heterocycles. The van der Waals surface area contributed by atoms with Crippen molar-refractivity contribution in [3.63, 3.8) is 0 Å². The molecule has 0 bridgehead atoms. The second-order valence-corrected chi connectivity index (χ2v) is 6.66. The summed E-state index contributed by atoms with van der Waals surface area (Å²) in [5, 5.41) is 4.14. The molecule has 0 radical (unpaired) electrons. The van der Waals surface area contributed by atoms with Gasteiger partial charge in [0.1, 0.15) is 17.3 Å². The number of halogens is 2. The highest BCUT2D eigenvalue weighted by molar-refractivity contribution is 6.42. The number of aromatic nitrogens is 2. The van der Waals surface area contributed by atoms with Crippen molar-refractivity contribution in [3.8, 4) is 22.8 Å². The summed E-state index contributed by atoms with van der Waals surface area (Å²) in [6.07, 6.45) is 2.59. The largest absolute Gasteiger partial charge is 0.457 e. The highest BCUT2D eigenvalue weighted by Crippen LogP contribution is 2.33. The van der Waals surface area contributed by atoms with Gasteiger partial charge in [-0.3, -0.25) is 0 Å². The third kappa shape index (κ3) is 4.52. The van der Waals surface area contributed by atoms with E-state index in [1.807, 2.05) is 32.2 Å². The molecule has 0 aliphatic rings. The first kappa shape index (κ1) is 18.6. The molecule has 1 N–H and O–H groups in total. The van der Waals surface area contributed by atoms with E-state index >= 15 is 0 Å². The van der Waals surface area contributed by atoms with Gasteiger partial charge in [-0.15, -0.1) is 0 Å². The maximum atomic E-state index is 6.09. The molecular weight excluding hydrogens is 369 g/mol. The van der Waals surface area contributed by atoms with E-state index in [1.54, 1.807) is 24.4 Å². The fraction of sp³-hybridized carbons (Fsp3) is 0.200. The van der Waals surface area contributed by atoms with E-state index < -0.39 is 0 Å². The monoisotopic (exact) mass is 387 g/mol. The van der Waals surface area contributed by atoms with Gasteiger partial charge >= 0.3 is 0 Å². The Labute approximate surface area is 163 Å². The molecule has 0 saturated heterocycles. The Morgan fingerprint density at radius 2 is 1.88 bits per heavy atom. The van der Waals surface area contributed by atoms with Gasteiger partial charge in [-0.1, -0.05) is 23.2 Å². The lowest BCUT2D eigenvalue weighted by Gasteiger charge is -2.14. The van der Waals surface area contributed by atoms with Crippen molar-refractivity contribution in [3.05, 3.63) is 70.1 Å². The molecule has 134 valence electrons. The van der Waals surface area contributed by atoms with Gasteiger partial charge in [0.05, 0.1) is 15.7 Å². The van der Waals surface area contributed by atoms with Gasteiger partial charge in [0.2, 0.25) is 0 Å². The van der Waals surface area contributed by atoms with Gasteiger partial charge in [-0.05, 0) is 68.9 Å². The minimum Gasteiger partial charge on any atom is -0.457 e. The molecule has 0 amide bonds. The van der Waals surface area contributed by atoms with Crippen molar-refractivity contribution >= 4 is 23.2 Å². The highest BCUT2D eigenvalue weighted by Gasteiger charge is 2.10. The van der Waals surface area contributed by atoms with Crippen LogP contribution < -0.4 is 10.1 Å². The summed E-state index contributed by atoms with van der Waals surface area (Å²) in [5.74, 6) is 2.18. The third-order valence-electron chi connectivity index (χ3n) is 3.90. The smallest absolute Gasteiger partial charge is 0.130 e. The van der Waals surface area contributed by atoms with Crippen LogP contribution in [0.2, 0.25) is 10.0 Å². The zero-order valence-electron chi connectivity index (χ0n) is 14.6. The maximum absolute atomic E-state index is 6.09. The van der Waals surface area contributed by atoms with E-state index in [1.165, 1.54) is 0 Å². The normalized spacial score (nSPS) is 10.8. The Balaban J connectivity index is 1.94.